The normalized spacial score (nSPS) is 11.1. The largest absolute Gasteiger partial charge is 0.495 e. The summed E-state index contributed by atoms with van der Waals surface area (Å²) in [6.07, 6.45) is 0.719. The van der Waals surface area contributed by atoms with Gasteiger partial charge in [0, 0.05) is 6.07 Å². The molecule has 140 valence electrons. The summed E-state index contributed by atoms with van der Waals surface area (Å²) in [4.78, 5) is 11.7. The number of hydrogen-bond acceptors (Lipinski definition) is 5. The Balaban J connectivity index is 2.19. The second-order valence-electron chi connectivity index (χ2n) is 5.22. The molecule has 6 nitrogen and oxygen atoms in total. The summed E-state index contributed by atoms with van der Waals surface area (Å²) in [5.74, 6) is -3.47. The molecule has 0 aliphatic heterocycles. The molecular weight excluding hydrogens is 392 g/mol. The topological polar surface area (TPSA) is 81.7 Å². The summed E-state index contributed by atoms with van der Waals surface area (Å²) in [5.41, 5.74) is -0.168. The lowest BCUT2D eigenvalue weighted by molar-refractivity contribution is 0.0977. The average molecular weight is 406 g/mol. The van der Waals surface area contributed by atoms with Crippen molar-refractivity contribution in [2.24, 2.45) is 0 Å². The highest BCUT2D eigenvalue weighted by Crippen LogP contribution is 2.27. The zero-order valence-corrected chi connectivity index (χ0v) is 15.2. The standard InChI is InChI=1S/C16H14ClF2NO5S/c1-24-14-5-9(3-4-11(14)17)8-25-15-7-12(18)10(6-13(15)19)16(21)20-26(2,22)23/h3-7H,8H2,1-2H3,(H,20,21). The highest BCUT2D eigenvalue weighted by atomic mass is 35.5. The highest BCUT2D eigenvalue weighted by Gasteiger charge is 2.19. The minimum absolute atomic E-state index is 0.112. The molecule has 0 saturated carbocycles. The molecule has 0 saturated heterocycles. The average Bonchev–Trinajstić information content (AvgIpc) is 2.54. The van der Waals surface area contributed by atoms with Crippen LogP contribution in [0, 0.1) is 11.6 Å². The Hall–Kier alpha value is -2.39. The van der Waals surface area contributed by atoms with Gasteiger partial charge in [-0.2, -0.15) is 0 Å². The van der Waals surface area contributed by atoms with Crippen molar-refractivity contribution in [2.45, 2.75) is 6.61 Å². The third-order valence-electron chi connectivity index (χ3n) is 3.15. The number of halogens is 3. The van der Waals surface area contributed by atoms with E-state index in [1.54, 1.807) is 22.9 Å². The molecule has 0 atom stereocenters. The Morgan fingerprint density at radius 1 is 1.15 bits per heavy atom. The highest BCUT2D eigenvalue weighted by molar-refractivity contribution is 7.89. The molecule has 0 unspecified atom stereocenters. The van der Waals surface area contributed by atoms with Crippen molar-refractivity contribution >= 4 is 27.5 Å². The number of ether oxygens (including phenoxy) is 2. The lowest BCUT2D eigenvalue weighted by Crippen LogP contribution is -2.30. The third-order valence-corrected chi connectivity index (χ3v) is 4.02. The van der Waals surface area contributed by atoms with Gasteiger partial charge in [0.2, 0.25) is 10.0 Å². The second kappa shape index (κ2) is 7.88. The number of amides is 1. The number of hydrogen-bond donors (Lipinski definition) is 1. The molecule has 0 aliphatic carbocycles. The number of benzene rings is 2. The molecule has 0 aromatic heterocycles. The molecule has 0 fully saturated rings. The first kappa shape index (κ1) is 19.9. The van der Waals surface area contributed by atoms with Crippen LogP contribution >= 0.6 is 11.6 Å². The fourth-order valence-electron chi connectivity index (χ4n) is 1.99. The Bertz CT molecular complexity index is 950. The Kier molecular flexibility index (Phi) is 6.04. The van der Waals surface area contributed by atoms with Crippen LogP contribution < -0.4 is 14.2 Å². The van der Waals surface area contributed by atoms with E-state index in [2.05, 4.69) is 0 Å². The second-order valence-corrected chi connectivity index (χ2v) is 7.38. The monoisotopic (exact) mass is 405 g/mol. The van der Waals surface area contributed by atoms with Crippen LogP contribution in [0.2, 0.25) is 5.02 Å². The van der Waals surface area contributed by atoms with Crippen molar-refractivity contribution < 1.29 is 31.5 Å². The number of carbonyl (C=O) groups is 1. The Morgan fingerprint density at radius 3 is 2.46 bits per heavy atom. The first-order valence-corrected chi connectivity index (χ1v) is 9.34. The number of methoxy groups -OCH3 is 1. The van der Waals surface area contributed by atoms with Gasteiger partial charge in [-0.25, -0.2) is 21.9 Å². The maximum Gasteiger partial charge on any atom is 0.267 e. The molecule has 0 aliphatic rings. The summed E-state index contributed by atoms with van der Waals surface area (Å²) >= 11 is 5.90. The lowest BCUT2D eigenvalue weighted by Gasteiger charge is -2.11. The van der Waals surface area contributed by atoms with Crippen LogP contribution in [0.25, 0.3) is 0 Å². The molecule has 0 spiro atoms. The molecule has 0 radical (unpaired) electrons. The van der Waals surface area contributed by atoms with Crippen LogP contribution in [0.3, 0.4) is 0 Å². The van der Waals surface area contributed by atoms with E-state index in [0.29, 0.717) is 28.5 Å². The van der Waals surface area contributed by atoms with Crippen molar-refractivity contribution in [3.05, 3.63) is 58.1 Å². The number of nitrogens with one attached hydrogen (secondary N) is 1. The summed E-state index contributed by atoms with van der Waals surface area (Å²) in [7, 11) is -2.48. The van der Waals surface area contributed by atoms with Gasteiger partial charge < -0.3 is 9.47 Å². The molecule has 0 heterocycles. The van der Waals surface area contributed by atoms with E-state index in [0.717, 1.165) is 6.26 Å². The summed E-state index contributed by atoms with van der Waals surface area (Å²) in [6, 6.07) is 5.99. The zero-order chi connectivity index (χ0) is 19.5. The van der Waals surface area contributed by atoms with Gasteiger partial charge in [-0.15, -0.1) is 0 Å². The minimum Gasteiger partial charge on any atom is -0.495 e. The van der Waals surface area contributed by atoms with E-state index >= 15 is 0 Å². The van der Waals surface area contributed by atoms with Gasteiger partial charge in [-0.05, 0) is 23.8 Å². The van der Waals surface area contributed by atoms with Crippen LogP contribution in [0.4, 0.5) is 8.78 Å². The van der Waals surface area contributed by atoms with Gasteiger partial charge in [-0.3, -0.25) is 4.79 Å². The predicted molar refractivity (Wildman–Crippen MR) is 91.0 cm³/mol. The van der Waals surface area contributed by atoms with Gasteiger partial charge in [0.1, 0.15) is 18.2 Å². The van der Waals surface area contributed by atoms with E-state index < -0.39 is 38.9 Å². The van der Waals surface area contributed by atoms with Gasteiger partial charge in [0.05, 0.1) is 24.0 Å². The summed E-state index contributed by atoms with van der Waals surface area (Å²) in [5, 5.41) is 0.384. The van der Waals surface area contributed by atoms with Crippen LogP contribution in [-0.4, -0.2) is 27.7 Å². The summed E-state index contributed by atoms with van der Waals surface area (Å²) in [6.45, 7) is -0.112. The maximum absolute atomic E-state index is 14.1. The first-order chi connectivity index (χ1) is 12.1. The van der Waals surface area contributed by atoms with E-state index in [9.17, 15) is 22.0 Å². The Morgan fingerprint density at radius 2 is 1.85 bits per heavy atom. The third kappa shape index (κ3) is 5.06. The molecule has 0 bridgehead atoms. The minimum atomic E-state index is -3.91. The van der Waals surface area contributed by atoms with E-state index in [-0.39, 0.29) is 6.61 Å². The van der Waals surface area contributed by atoms with Gasteiger partial charge in [0.15, 0.2) is 11.6 Å². The fourth-order valence-corrected chi connectivity index (χ4v) is 2.63. The number of rotatable bonds is 6. The maximum atomic E-state index is 14.1. The fraction of sp³-hybridized carbons (Fsp3) is 0.188. The molecular formula is C16H14ClF2NO5S. The predicted octanol–water partition coefficient (Wildman–Crippen LogP) is 2.90. The molecule has 10 heteroatoms. The molecule has 2 aromatic carbocycles. The molecule has 26 heavy (non-hydrogen) atoms. The molecule has 1 amide bonds. The van der Waals surface area contributed by atoms with Crippen molar-refractivity contribution in [2.75, 3.05) is 13.4 Å². The van der Waals surface area contributed by atoms with Gasteiger partial charge in [-0.1, -0.05) is 17.7 Å². The molecule has 1 N–H and O–H groups in total. The number of carbonyl (C=O) groups excluding carboxylic acids is 1. The first-order valence-electron chi connectivity index (χ1n) is 7.07. The van der Waals surface area contributed by atoms with E-state index in [1.807, 2.05) is 0 Å². The van der Waals surface area contributed by atoms with Crippen LogP contribution in [-0.2, 0) is 16.6 Å². The smallest absolute Gasteiger partial charge is 0.267 e. The van der Waals surface area contributed by atoms with E-state index in [1.165, 1.54) is 7.11 Å². The SMILES string of the molecule is COc1cc(COc2cc(F)c(C(=O)NS(C)(=O)=O)cc2F)ccc1Cl. The van der Waals surface area contributed by atoms with Crippen LogP contribution in [0.5, 0.6) is 11.5 Å². The van der Waals surface area contributed by atoms with Gasteiger partial charge >= 0.3 is 0 Å². The van der Waals surface area contributed by atoms with E-state index in [4.69, 9.17) is 21.1 Å². The van der Waals surface area contributed by atoms with Crippen molar-refractivity contribution in [3.8, 4) is 11.5 Å². The lowest BCUT2D eigenvalue weighted by atomic mass is 10.2. The Labute approximate surface area is 153 Å². The quantitative estimate of drug-likeness (QED) is 0.799. The summed E-state index contributed by atoms with van der Waals surface area (Å²) < 4.78 is 61.9. The molecule has 2 rings (SSSR count). The van der Waals surface area contributed by atoms with Crippen molar-refractivity contribution in [3.63, 3.8) is 0 Å². The zero-order valence-electron chi connectivity index (χ0n) is 13.7. The number of sulfonamides is 1. The van der Waals surface area contributed by atoms with Crippen LogP contribution in [0.1, 0.15) is 15.9 Å². The van der Waals surface area contributed by atoms with Crippen LogP contribution in [0.15, 0.2) is 30.3 Å². The van der Waals surface area contributed by atoms with Gasteiger partial charge in [0.25, 0.3) is 5.91 Å². The van der Waals surface area contributed by atoms with Crippen molar-refractivity contribution in [1.29, 1.82) is 0 Å². The molecule has 2 aromatic rings. The van der Waals surface area contributed by atoms with Crippen molar-refractivity contribution in [1.82, 2.24) is 4.72 Å².